The number of hydrogen-bond donors (Lipinski definition) is 2. The summed E-state index contributed by atoms with van der Waals surface area (Å²) in [6.45, 7) is 3.86. The Hall–Kier alpha value is -2.56. The van der Waals surface area contributed by atoms with Crippen LogP contribution < -0.4 is 15.6 Å². The van der Waals surface area contributed by atoms with Gasteiger partial charge in [-0.2, -0.15) is 0 Å². The van der Waals surface area contributed by atoms with Crippen molar-refractivity contribution in [3.8, 4) is 5.75 Å². The van der Waals surface area contributed by atoms with Crippen LogP contribution in [-0.2, 0) is 24.2 Å². The summed E-state index contributed by atoms with van der Waals surface area (Å²) in [5.74, 6) is -1.83. The zero-order valence-corrected chi connectivity index (χ0v) is 28.5. The molecule has 1 aromatic carbocycles. The van der Waals surface area contributed by atoms with Crippen LogP contribution in [0.5, 0.6) is 5.75 Å². The van der Waals surface area contributed by atoms with Gasteiger partial charge in [0.05, 0.1) is 18.7 Å². The molecular formula is C36H49ClF2N4O4. The molecule has 2 heterocycles. The first-order chi connectivity index (χ1) is 22.4. The summed E-state index contributed by atoms with van der Waals surface area (Å²) in [5.41, 5.74) is 2.55. The smallest absolute Gasteiger partial charge is 0.304 e. The Labute approximate surface area is 281 Å². The number of likely N-dealkylation sites (N-methyl/N-ethyl adjacent to an activating group) is 1. The number of piperidine rings is 1. The summed E-state index contributed by atoms with van der Waals surface area (Å²) < 4.78 is 35.0. The second-order valence-corrected chi connectivity index (χ2v) is 15.2. The molecule has 0 bridgehead atoms. The summed E-state index contributed by atoms with van der Waals surface area (Å²) in [6.07, 6.45) is 9.69. The van der Waals surface area contributed by atoms with Gasteiger partial charge in [0, 0.05) is 48.6 Å². The Morgan fingerprint density at radius 3 is 2.66 bits per heavy atom. The molecule has 0 amide bonds. The van der Waals surface area contributed by atoms with Crippen LogP contribution in [0, 0.1) is 18.3 Å². The molecule has 2 N–H and O–H groups in total. The number of aromatic nitrogens is 2. The van der Waals surface area contributed by atoms with Crippen molar-refractivity contribution in [3.05, 3.63) is 56.2 Å². The fraction of sp³-hybridized carbons (Fsp3) is 0.694. The summed E-state index contributed by atoms with van der Waals surface area (Å²) in [7, 11) is 1.98. The third-order valence-electron chi connectivity index (χ3n) is 11.5. The summed E-state index contributed by atoms with van der Waals surface area (Å²) in [5, 5.41) is 13.8. The van der Waals surface area contributed by atoms with E-state index in [4.69, 9.17) is 21.3 Å². The number of halogens is 3. The number of aliphatic carboxylic acids is 1. The van der Waals surface area contributed by atoms with Crippen molar-refractivity contribution in [1.29, 1.82) is 0 Å². The number of carboxylic acids is 1. The standard InChI is InChI=1S/C36H49ClF2N4O4/c1-23-41-31-9-8-27(42(2)21-24-19-36(38,39)20-24)18-29(31)34(46)43(23)13-14-47-32-10-7-25(37)15-28(32)30-16-26(17-33(44)45)40-22-35(30)11-5-3-4-6-12-35/h7,10,15,24,26-27,30,40H,3-6,8-9,11-14,16-22H2,1-2H3,(H,44,45). The van der Waals surface area contributed by atoms with Crippen molar-refractivity contribution in [2.75, 3.05) is 26.7 Å². The molecule has 11 heteroatoms. The normalized spacial score (nSPS) is 25.6. The topological polar surface area (TPSA) is 96.7 Å². The van der Waals surface area contributed by atoms with Crippen LogP contribution in [0.15, 0.2) is 23.0 Å². The van der Waals surface area contributed by atoms with Crippen LogP contribution in [-0.4, -0.2) is 70.3 Å². The number of fused-ring (bicyclic) bond motifs is 1. The van der Waals surface area contributed by atoms with Crippen LogP contribution >= 0.6 is 11.6 Å². The zero-order chi connectivity index (χ0) is 33.3. The Bertz CT molecular complexity index is 1500. The SMILES string of the molecule is Cc1nc2c(c(=O)n1CCOc1ccc(Cl)cc1C1CC(CC(=O)O)NCC13CCCCCC3)CC(N(C)CC1CC(F)(F)C1)CC2. The third-order valence-corrected chi connectivity index (χ3v) is 11.7. The molecular weight excluding hydrogens is 626 g/mol. The number of aryl methyl sites for hydroxylation is 2. The second-order valence-electron chi connectivity index (χ2n) is 14.8. The molecule has 1 spiro atoms. The average Bonchev–Trinajstić information content (AvgIpc) is 3.25. The minimum atomic E-state index is -2.53. The molecule has 3 aliphatic carbocycles. The lowest BCUT2D eigenvalue weighted by Gasteiger charge is -2.48. The molecule has 3 unspecified atom stereocenters. The number of benzene rings is 1. The zero-order valence-electron chi connectivity index (χ0n) is 27.7. The Kier molecular flexibility index (Phi) is 10.3. The van der Waals surface area contributed by atoms with Crippen molar-refractivity contribution < 1.29 is 23.4 Å². The van der Waals surface area contributed by atoms with E-state index in [0.29, 0.717) is 43.2 Å². The van der Waals surface area contributed by atoms with E-state index in [9.17, 15) is 23.5 Å². The highest BCUT2D eigenvalue weighted by molar-refractivity contribution is 6.30. The van der Waals surface area contributed by atoms with Crippen molar-refractivity contribution in [3.63, 3.8) is 0 Å². The van der Waals surface area contributed by atoms with Gasteiger partial charge in [-0.05, 0) is 93.5 Å². The predicted molar refractivity (Wildman–Crippen MR) is 178 cm³/mol. The molecule has 1 saturated heterocycles. The minimum absolute atomic E-state index is 0.00414. The van der Waals surface area contributed by atoms with Gasteiger partial charge in [0.2, 0.25) is 5.92 Å². The Morgan fingerprint density at radius 1 is 1.21 bits per heavy atom. The maximum absolute atomic E-state index is 13.8. The van der Waals surface area contributed by atoms with Gasteiger partial charge in [0.25, 0.3) is 5.56 Å². The monoisotopic (exact) mass is 674 g/mol. The lowest BCUT2D eigenvalue weighted by molar-refractivity contribution is -0.138. The van der Waals surface area contributed by atoms with Gasteiger partial charge in [0.1, 0.15) is 18.2 Å². The number of alkyl halides is 2. The number of ether oxygens (including phenoxy) is 1. The molecule has 3 atom stereocenters. The second kappa shape index (κ2) is 14.1. The first-order valence-corrected chi connectivity index (χ1v) is 17.9. The molecule has 2 aromatic rings. The van der Waals surface area contributed by atoms with Gasteiger partial charge < -0.3 is 20.1 Å². The van der Waals surface area contributed by atoms with E-state index in [-0.39, 0.29) is 60.8 Å². The lowest BCUT2D eigenvalue weighted by atomic mass is 9.62. The van der Waals surface area contributed by atoms with E-state index in [1.54, 1.807) is 4.57 Å². The highest BCUT2D eigenvalue weighted by Gasteiger charge is 2.46. The van der Waals surface area contributed by atoms with Crippen LogP contribution in [0.4, 0.5) is 8.78 Å². The fourth-order valence-electron chi connectivity index (χ4n) is 8.96. The first kappa shape index (κ1) is 34.3. The molecule has 6 rings (SSSR count). The molecule has 258 valence electrons. The molecule has 1 aliphatic heterocycles. The van der Waals surface area contributed by atoms with Crippen molar-refractivity contribution in [1.82, 2.24) is 19.8 Å². The first-order valence-electron chi connectivity index (χ1n) is 17.5. The predicted octanol–water partition coefficient (Wildman–Crippen LogP) is 6.38. The number of nitrogens with one attached hydrogen (secondary N) is 1. The average molecular weight is 675 g/mol. The number of carboxylic acid groups (broad SMARTS) is 1. The van der Waals surface area contributed by atoms with E-state index < -0.39 is 11.9 Å². The Balaban J connectivity index is 1.18. The van der Waals surface area contributed by atoms with Crippen molar-refractivity contribution in [2.24, 2.45) is 11.3 Å². The minimum Gasteiger partial charge on any atom is -0.491 e. The molecule has 0 radical (unpaired) electrons. The van der Waals surface area contributed by atoms with Gasteiger partial charge in [-0.1, -0.05) is 37.3 Å². The summed E-state index contributed by atoms with van der Waals surface area (Å²) in [4.78, 5) is 32.4. The Morgan fingerprint density at radius 2 is 1.96 bits per heavy atom. The largest absolute Gasteiger partial charge is 0.491 e. The molecule has 47 heavy (non-hydrogen) atoms. The quantitative estimate of drug-likeness (QED) is 0.302. The van der Waals surface area contributed by atoms with Gasteiger partial charge in [-0.15, -0.1) is 0 Å². The number of carbonyl (C=O) groups is 1. The summed E-state index contributed by atoms with van der Waals surface area (Å²) in [6, 6.07) is 5.74. The number of rotatable bonds is 10. The fourth-order valence-corrected chi connectivity index (χ4v) is 9.14. The maximum atomic E-state index is 13.8. The van der Waals surface area contributed by atoms with Crippen molar-refractivity contribution >= 4 is 17.6 Å². The van der Waals surface area contributed by atoms with E-state index in [1.165, 1.54) is 12.8 Å². The van der Waals surface area contributed by atoms with Gasteiger partial charge in [-0.3, -0.25) is 14.2 Å². The number of hydrogen-bond acceptors (Lipinski definition) is 6. The number of nitrogens with zero attached hydrogens (tertiary/aromatic N) is 3. The van der Waals surface area contributed by atoms with Gasteiger partial charge in [-0.25, -0.2) is 13.8 Å². The van der Waals surface area contributed by atoms with Gasteiger partial charge in [0.15, 0.2) is 0 Å². The molecule has 8 nitrogen and oxygen atoms in total. The van der Waals surface area contributed by atoms with E-state index in [2.05, 4.69) is 10.2 Å². The van der Waals surface area contributed by atoms with Gasteiger partial charge >= 0.3 is 5.97 Å². The van der Waals surface area contributed by atoms with Crippen LogP contribution in [0.3, 0.4) is 0 Å². The van der Waals surface area contributed by atoms with Crippen molar-refractivity contribution in [2.45, 2.75) is 121 Å². The highest BCUT2D eigenvalue weighted by atomic mass is 35.5. The van der Waals surface area contributed by atoms with E-state index >= 15 is 0 Å². The van der Waals surface area contributed by atoms with Crippen LogP contribution in [0.2, 0.25) is 5.02 Å². The highest BCUT2D eigenvalue weighted by Crippen LogP contribution is 2.53. The van der Waals surface area contributed by atoms with E-state index in [0.717, 1.165) is 61.2 Å². The lowest BCUT2D eigenvalue weighted by Crippen LogP contribution is -2.50. The van der Waals surface area contributed by atoms with Crippen LogP contribution in [0.25, 0.3) is 0 Å². The third kappa shape index (κ3) is 7.70. The maximum Gasteiger partial charge on any atom is 0.304 e. The molecule has 1 aromatic heterocycles. The summed E-state index contributed by atoms with van der Waals surface area (Å²) >= 11 is 6.59. The van der Waals surface area contributed by atoms with E-state index in [1.807, 2.05) is 32.2 Å². The molecule has 2 saturated carbocycles. The van der Waals surface area contributed by atoms with Crippen LogP contribution in [0.1, 0.15) is 99.2 Å². The molecule has 3 fully saturated rings. The molecule has 4 aliphatic rings.